The molecule has 0 saturated heterocycles. The summed E-state index contributed by atoms with van der Waals surface area (Å²) in [5, 5.41) is 0.270. The molecule has 3 nitrogen and oxygen atoms in total. The molecular weight excluding hydrogens is 255 g/mol. The molecule has 0 radical (unpaired) electrons. The van der Waals surface area contributed by atoms with E-state index in [1.54, 1.807) is 20.9 Å². The summed E-state index contributed by atoms with van der Waals surface area (Å²) in [5.41, 5.74) is 0.585. The first-order valence-corrected chi connectivity index (χ1v) is 5.37. The van der Waals surface area contributed by atoms with Crippen LogP contribution < -0.4 is 4.90 Å². The van der Waals surface area contributed by atoms with Gasteiger partial charge in [0.2, 0.25) is 0 Å². The summed E-state index contributed by atoms with van der Waals surface area (Å²) >= 11 is 5.85. The fraction of sp³-hybridized carbons (Fsp3) is 0.600. The highest BCUT2D eigenvalue weighted by molar-refractivity contribution is 6.30. The van der Waals surface area contributed by atoms with Crippen LogP contribution in [0.1, 0.15) is 17.8 Å². The average molecular weight is 268 g/mol. The molecule has 0 aromatic carbocycles. The Balaban J connectivity index is 2.85. The van der Waals surface area contributed by atoms with Crippen LogP contribution in [0.2, 0.25) is 5.15 Å². The van der Waals surface area contributed by atoms with Crippen LogP contribution in [0, 0.1) is 13.8 Å². The molecular formula is C10H13ClF3N3. The maximum atomic E-state index is 12.1. The molecule has 0 bridgehead atoms. The lowest BCUT2D eigenvalue weighted by Gasteiger charge is -2.21. The maximum Gasteiger partial charge on any atom is 0.390 e. The number of aromatic nitrogens is 2. The van der Waals surface area contributed by atoms with E-state index in [0.717, 1.165) is 0 Å². The molecule has 0 spiro atoms. The number of hydrogen-bond acceptors (Lipinski definition) is 3. The summed E-state index contributed by atoms with van der Waals surface area (Å²) in [6, 6.07) is 0. The average Bonchev–Trinajstić information content (AvgIpc) is 2.19. The first-order valence-electron chi connectivity index (χ1n) is 4.99. The Bertz CT molecular complexity index is 407. The number of hydrogen-bond donors (Lipinski definition) is 0. The largest absolute Gasteiger partial charge is 0.390 e. The van der Waals surface area contributed by atoms with Gasteiger partial charge in [-0.1, -0.05) is 11.6 Å². The van der Waals surface area contributed by atoms with Gasteiger partial charge in [0, 0.05) is 19.2 Å². The molecule has 1 heterocycles. The molecule has 1 rings (SSSR count). The predicted octanol–water partition coefficient (Wildman–Crippen LogP) is 3.14. The second-order valence-corrected chi connectivity index (χ2v) is 4.15. The zero-order chi connectivity index (χ0) is 13.2. The third kappa shape index (κ3) is 4.03. The molecule has 96 valence electrons. The van der Waals surface area contributed by atoms with E-state index in [1.165, 1.54) is 4.90 Å². The highest BCUT2D eigenvalue weighted by atomic mass is 35.5. The highest BCUT2D eigenvalue weighted by Crippen LogP contribution is 2.25. The minimum absolute atomic E-state index is 0.156. The number of aryl methyl sites for hydroxylation is 1. The highest BCUT2D eigenvalue weighted by Gasteiger charge is 2.27. The molecule has 0 unspecified atom stereocenters. The van der Waals surface area contributed by atoms with Gasteiger partial charge in [0.15, 0.2) is 0 Å². The third-order valence-corrected chi connectivity index (χ3v) is 2.63. The molecule has 1 aromatic rings. The van der Waals surface area contributed by atoms with E-state index in [4.69, 9.17) is 11.6 Å². The van der Waals surface area contributed by atoms with Crippen molar-refractivity contribution in [3.8, 4) is 0 Å². The Morgan fingerprint density at radius 3 is 2.35 bits per heavy atom. The van der Waals surface area contributed by atoms with Crippen molar-refractivity contribution in [3.05, 3.63) is 16.5 Å². The van der Waals surface area contributed by atoms with Gasteiger partial charge in [0.05, 0.1) is 6.42 Å². The van der Waals surface area contributed by atoms with E-state index >= 15 is 0 Å². The van der Waals surface area contributed by atoms with Crippen molar-refractivity contribution in [1.29, 1.82) is 0 Å². The van der Waals surface area contributed by atoms with E-state index in [9.17, 15) is 13.2 Å². The number of anilines is 1. The molecule has 0 amide bonds. The fourth-order valence-corrected chi connectivity index (χ4v) is 1.56. The summed E-state index contributed by atoms with van der Waals surface area (Å²) in [6.07, 6.45) is -5.06. The predicted molar refractivity (Wildman–Crippen MR) is 60.5 cm³/mol. The van der Waals surface area contributed by atoms with E-state index in [1.807, 2.05) is 0 Å². The van der Waals surface area contributed by atoms with Crippen LogP contribution in [0.25, 0.3) is 0 Å². The Kier molecular flexibility index (Phi) is 4.19. The van der Waals surface area contributed by atoms with Crippen molar-refractivity contribution in [2.24, 2.45) is 0 Å². The third-order valence-electron chi connectivity index (χ3n) is 2.26. The Morgan fingerprint density at radius 1 is 1.24 bits per heavy atom. The second kappa shape index (κ2) is 5.08. The van der Waals surface area contributed by atoms with Crippen LogP contribution in [0.15, 0.2) is 0 Å². The summed E-state index contributed by atoms with van der Waals surface area (Å²) in [7, 11) is 1.55. The number of alkyl halides is 3. The normalized spacial score (nSPS) is 11.7. The van der Waals surface area contributed by atoms with Crippen LogP contribution in [0.4, 0.5) is 19.0 Å². The van der Waals surface area contributed by atoms with Crippen LogP contribution >= 0.6 is 11.6 Å². The van der Waals surface area contributed by atoms with Gasteiger partial charge < -0.3 is 4.90 Å². The van der Waals surface area contributed by atoms with Gasteiger partial charge in [0.25, 0.3) is 0 Å². The van der Waals surface area contributed by atoms with E-state index in [2.05, 4.69) is 9.97 Å². The topological polar surface area (TPSA) is 29.0 Å². The maximum absolute atomic E-state index is 12.1. The minimum atomic E-state index is -4.17. The van der Waals surface area contributed by atoms with Gasteiger partial charge in [0.1, 0.15) is 16.8 Å². The van der Waals surface area contributed by atoms with E-state index in [-0.39, 0.29) is 11.7 Å². The van der Waals surface area contributed by atoms with Gasteiger partial charge >= 0.3 is 6.18 Å². The van der Waals surface area contributed by atoms with Crippen LogP contribution in [-0.4, -0.2) is 29.7 Å². The van der Waals surface area contributed by atoms with E-state index < -0.39 is 12.6 Å². The Labute approximate surface area is 103 Å². The first kappa shape index (κ1) is 14.0. The van der Waals surface area contributed by atoms with Crippen molar-refractivity contribution in [2.45, 2.75) is 26.4 Å². The molecule has 0 aliphatic carbocycles. The van der Waals surface area contributed by atoms with Crippen molar-refractivity contribution in [1.82, 2.24) is 9.97 Å². The zero-order valence-corrected chi connectivity index (χ0v) is 10.5. The molecule has 17 heavy (non-hydrogen) atoms. The molecule has 0 atom stereocenters. The van der Waals surface area contributed by atoms with Gasteiger partial charge in [-0.3, -0.25) is 0 Å². The molecule has 0 aliphatic rings. The summed E-state index contributed by atoms with van der Waals surface area (Å²) in [4.78, 5) is 9.46. The van der Waals surface area contributed by atoms with E-state index in [0.29, 0.717) is 17.2 Å². The number of halogens is 4. The lowest BCUT2D eigenvalue weighted by atomic mass is 10.3. The first-order chi connectivity index (χ1) is 7.70. The van der Waals surface area contributed by atoms with Crippen LogP contribution in [-0.2, 0) is 0 Å². The lowest BCUT2D eigenvalue weighted by molar-refractivity contribution is -0.132. The van der Waals surface area contributed by atoms with Gasteiger partial charge in [-0.15, -0.1) is 0 Å². The van der Waals surface area contributed by atoms with Crippen LogP contribution in [0.5, 0.6) is 0 Å². The Morgan fingerprint density at radius 2 is 1.82 bits per heavy atom. The molecule has 0 aliphatic heterocycles. The van der Waals surface area contributed by atoms with Crippen LogP contribution in [0.3, 0.4) is 0 Å². The molecule has 0 saturated carbocycles. The minimum Gasteiger partial charge on any atom is -0.359 e. The Hall–Kier alpha value is -1.04. The standard InChI is InChI=1S/C10H13ClF3N3/c1-6-8(11)15-7(2)16-9(6)17(3)5-4-10(12,13)14/h4-5H2,1-3H3. The fourth-order valence-electron chi connectivity index (χ4n) is 1.35. The SMILES string of the molecule is Cc1nc(Cl)c(C)c(N(C)CCC(F)(F)F)n1. The quantitative estimate of drug-likeness (QED) is 0.788. The zero-order valence-electron chi connectivity index (χ0n) is 9.77. The molecule has 7 heteroatoms. The van der Waals surface area contributed by atoms with Crippen molar-refractivity contribution in [2.75, 3.05) is 18.5 Å². The van der Waals surface area contributed by atoms with Crippen molar-refractivity contribution < 1.29 is 13.2 Å². The lowest BCUT2D eigenvalue weighted by Crippen LogP contribution is -2.26. The number of nitrogens with zero attached hydrogens (tertiary/aromatic N) is 3. The van der Waals surface area contributed by atoms with Gasteiger partial charge in [-0.05, 0) is 13.8 Å². The summed E-state index contributed by atoms with van der Waals surface area (Å²) in [5.74, 6) is 0.876. The van der Waals surface area contributed by atoms with Gasteiger partial charge in [-0.25, -0.2) is 9.97 Å². The molecule has 0 fully saturated rings. The molecule has 0 N–H and O–H groups in total. The second-order valence-electron chi connectivity index (χ2n) is 3.80. The monoisotopic (exact) mass is 267 g/mol. The van der Waals surface area contributed by atoms with Gasteiger partial charge in [-0.2, -0.15) is 13.2 Å². The van der Waals surface area contributed by atoms with Crippen molar-refractivity contribution in [3.63, 3.8) is 0 Å². The summed E-state index contributed by atoms with van der Waals surface area (Å²) < 4.78 is 36.3. The smallest absolute Gasteiger partial charge is 0.359 e. The van der Waals surface area contributed by atoms with Crippen molar-refractivity contribution >= 4 is 17.4 Å². The summed E-state index contributed by atoms with van der Waals surface area (Å²) in [6.45, 7) is 3.17. The molecule has 1 aromatic heterocycles. The number of rotatable bonds is 3.